The zero-order chi connectivity index (χ0) is 15.9. The summed E-state index contributed by atoms with van der Waals surface area (Å²) in [5, 5.41) is 0. The molecule has 0 amide bonds. The van der Waals surface area contributed by atoms with E-state index in [4.69, 9.17) is 14.0 Å². The van der Waals surface area contributed by atoms with Crippen molar-refractivity contribution in [2.75, 3.05) is 6.61 Å². The van der Waals surface area contributed by atoms with Crippen LogP contribution in [0.15, 0.2) is 36.6 Å². The number of carbonyl (C=O) groups is 1. The SMILES string of the molecule is C=C1OB(c2ccc([C@@H]3C[C@H]3C(=O)OCC)cc2)OC1(C)C. The molecule has 2 atom stereocenters. The Morgan fingerprint density at radius 1 is 1.41 bits per heavy atom. The molecule has 5 heteroatoms. The van der Waals surface area contributed by atoms with Crippen LogP contribution in [0, 0.1) is 5.92 Å². The van der Waals surface area contributed by atoms with Gasteiger partial charge in [-0.2, -0.15) is 0 Å². The Hall–Kier alpha value is -1.75. The van der Waals surface area contributed by atoms with Crippen molar-refractivity contribution in [3.8, 4) is 0 Å². The van der Waals surface area contributed by atoms with E-state index in [1.807, 2.05) is 45.0 Å². The smallest absolute Gasteiger partial charge is 0.534 e. The normalized spacial score (nSPS) is 25.8. The highest BCUT2D eigenvalue weighted by Gasteiger charge is 2.46. The highest BCUT2D eigenvalue weighted by Crippen LogP contribution is 2.48. The van der Waals surface area contributed by atoms with Gasteiger partial charge in [-0.05, 0) is 44.1 Å². The molecule has 1 aliphatic carbocycles. The second-order valence-corrected chi connectivity index (χ2v) is 6.37. The summed E-state index contributed by atoms with van der Waals surface area (Å²) < 4.78 is 16.6. The maximum atomic E-state index is 11.7. The quantitative estimate of drug-likeness (QED) is 0.632. The van der Waals surface area contributed by atoms with Gasteiger partial charge in [-0.1, -0.05) is 30.8 Å². The molecule has 1 saturated carbocycles. The van der Waals surface area contributed by atoms with Crippen LogP contribution in [0.5, 0.6) is 0 Å². The topological polar surface area (TPSA) is 44.8 Å². The number of hydrogen-bond donors (Lipinski definition) is 0. The second kappa shape index (κ2) is 5.47. The van der Waals surface area contributed by atoms with E-state index in [1.165, 1.54) is 0 Å². The predicted molar refractivity (Wildman–Crippen MR) is 84.7 cm³/mol. The molecule has 1 aromatic carbocycles. The summed E-state index contributed by atoms with van der Waals surface area (Å²) in [4.78, 5) is 11.7. The molecule has 3 rings (SSSR count). The maximum Gasteiger partial charge on any atom is 0.563 e. The monoisotopic (exact) mass is 300 g/mol. The third kappa shape index (κ3) is 2.78. The highest BCUT2D eigenvalue weighted by atomic mass is 16.7. The standard InChI is InChI=1S/C17H21BO4/c1-5-20-16(19)15-10-14(15)12-6-8-13(9-7-12)18-21-11(2)17(3,4)22-18/h6-9,14-15H,2,5,10H2,1,3-4H3/t14-,15+/m0/s1. The highest BCUT2D eigenvalue weighted by molar-refractivity contribution is 6.62. The summed E-state index contributed by atoms with van der Waals surface area (Å²) in [5.74, 6) is 0.858. The molecule has 0 bridgehead atoms. The van der Waals surface area contributed by atoms with Crippen molar-refractivity contribution in [2.45, 2.75) is 38.7 Å². The Morgan fingerprint density at radius 2 is 2.09 bits per heavy atom. The van der Waals surface area contributed by atoms with Crippen LogP contribution in [0.1, 0.15) is 38.7 Å². The molecule has 22 heavy (non-hydrogen) atoms. The van der Waals surface area contributed by atoms with Gasteiger partial charge < -0.3 is 14.0 Å². The number of rotatable bonds is 4. The fourth-order valence-electron chi connectivity index (χ4n) is 2.74. The molecular formula is C17H21BO4. The second-order valence-electron chi connectivity index (χ2n) is 6.37. The fourth-order valence-corrected chi connectivity index (χ4v) is 2.74. The van der Waals surface area contributed by atoms with Gasteiger partial charge >= 0.3 is 13.1 Å². The van der Waals surface area contributed by atoms with Crippen LogP contribution >= 0.6 is 0 Å². The molecule has 2 fully saturated rings. The van der Waals surface area contributed by atoms with Gasteiger partial charge in [0, 0.05) is 0 Å². The maximum absolute atomic E-state index is 11.7. The van der Waals surface area contributed by atoms with Crippen molar-refractivity contribution in [2.24, 2.45) is 5.92 Å². The molecule has 1 heterocycles. The number of hydrogen-bond acceptors (Lipinski definition) is 4. The minimum atomic E-state index is -0.463. The molecule has 0 N–H and O–H groups in total. The van der Waals surface area contributed by atoms with E-state index in [9.17, 15) is 4.79 Å². The van der Waals surface area contributed by atoms with Gasteiger partial charge in [0.2, 0.25) is 0 Å². The van der Waals surface area contributed by atoms with E-state index < -0.39 is 12.7 Å². The van der Waals surface area contributed by atoms with Crippen LogP contribution in [-0.2, 0) is 18.8 Å². The van der Waals surface area contributed by atoms with Gasteiger partial charge in [0.05, 0.1) is 18.3 Å². The van der Waals surface area contributed by atoms with Gasteiger partial charge in [-0.25, -0.2) is 0 Å². The van der Waals surface area contributed by atoms with E-state index in [0.717, 1.165) is 17.4 Å². The molecule has 1 saturated heterocycles. The van der Waals surface area contributed by atoms with Gasteiger partial charge in [0.15, 0.2) is 0 Å². The van der Waals surface area contributed by atoms with E-state index in [0.29, 0.717) is 12.4 Å². The van der Waals surface area contributed by atoms with Gasteiger partial charge in [0.1, 0.15) is 5.60 Å². The lowest BCUT2D eigenvalue weighted by Crippen LogP contribution is -2.34. The van der Waals surface area contributed by atoms with Gasteiger partial charge in [0.25, 0.3) is 0 Å². The van der Waals surface area contributed by atoms with E-state index in [-0.39, 0.29) is 17.8 Å². The van der Waals surface area contributed by atoms with Gasteiger partial charge in [-0.3, -0.25) is 4.79 Å². The summed E-state index contributed by atoms with van der Waals surface area (Å²) in [5.41, 5.74) is 1.66. The van der Waals surface area contributed by atoms with Crippen LogP contribution < -0.4 is 5.46 Å². The molecule has 1 aliphatic heterocycles. The Labute approximate surface area is 131 Å². The van der Waals surface area contributed by atoms with Crippen LogP contribution in [-0.4, -0.2) is 25.3 Å². The molecule has 2 aliphatic rings. The number of benzene rings is 1. The summed E-state index contributed by atoms with van der Waals surface area (Å²) in [7, 11) is -0.406. The third-order valence-corrected chi connectivity index (χ3v) is 4.34. The van der Waals surface area contributed by atoms with Crippen LogP contribution in [0.4, 0.5) is 0 Å². The molecule has 116 valence electrons. The number of ether oxygens (including phenoxy) is 1. The number of carbonyl (C=O) groups excluding carboxylic acids is 1. The predicted octanol–water partition coefficient (Wildman–Crippen LogP) is 2.39. The molecule has 4 nitrogen and oxygen atoms in total. The lowest BCUT2D eigenvalue weighted by Gasteiger charge is -2.15. The molecule has 0 radical (unpaired) electrons. The van der Waals surface area contributed by atoms with Crippen LogP contribution in [0.25, 0.3) is 0 Å². The first kappa shape index (κ1) is 15.2. The summed E-state index contributed by atoms with van der Waals surface area (Å²) in [6, 6.07) is 8.07. The first-order valence-corrected chi connectivity index (χ1v) is 7.72. The van der Waals surface area contributed by atoms with Crippen molar-refractivity contribution in [1.82, 2.24) is 0 Å². The van der Waals surface area contributed by atoms with Crippen molar-refractivity contribution in [1.29, 1.82) is 0 Å². The van der Waals surface area contributed by atoms with E-state index in [1.54, 1.807) is 0 Å². The third-order valence-electron chi connectivity index (χ3n) is 4.34. The first-order valence-electron chi connectivity index (χ1n) is 7.72. The average molecular weight is 300 g/mol. The summed E-state index contributed by atoms with van der Waals surface area (Å²) in [6.45, 7) is 10.0. The average Bonchev–Trinajstić information content (AvgIpc) is 3.22. The Balaban J connectivity index is 1.65. The zero-order valence-electron chi connectivity index (χ0n) is 13.3. The summed E-state index contributed by atoms with van der Waals surface area (Å²) in [6.07, 6.45) is 0.873. The lowest BCUT2D eigenvalue weighted by molar-refractivity contribution is -0.144. The van der Waals surface area contributed by atoms with Crippen molar-refractivity contribution in [3.63, 3.8) is 0 Å². The minimum Gasteiger partial charge on any atom is -0.534 e. The molecule has 1 aromatic rings. The summed E-state index contributed by atoms with van der Waals surface area (Å²) >= 11 is 0. The lowest BCUT2D eigenvalue weighted by atomic mass is 9.78. The molecule has 0 unspecified atom stereocenters. The molecule has 0 spiro atoms. The van der Waals surface area contributed by atoms with Gasteiger partial charge in [-0.15, -0.1) is 0 Å². The number of esters is 1. The molecule has 0 aromatic heterocycles. The van der Waals surface area contributed by atoms with Crippen molar-refractivity contribution in [3.05, 3.63) is 42.2 Å². The van der Waals surface area contributed by atoms with Crippen molar-refractivity contribution >= 4 is 18.6 Å². The van der Waals surface area contributed by atoms with Crippen molar-refractivity contribution < 1.29 is 18.8 Å². The Morgan fingerprint density at radius 3 is 2.64 bits per heavy atom. The van der Waals surface area contributed by atoms with Crippen LogP contribution in [0.3, 0.4) is 0 Å². The van der Waals surface area contributed by atoms with E-state index in [2.05, 4.69) is 6.58 Å². The largest absolute Gasteiger partial charge is 0.563 e. The minimum absolute atomic E-state index is 0.0171. The Kier molecular flexibility index (Phi) is 3.77. The fraction of sp³-hybridized carbons (Fsp3) is 0.471. The first-order chi connectivity index (χ1) is 10.4. The van der Waals surface area contributed by atoms with E-state index >= 15 is 0 Å². The zero-order valence-corrected chi connectivity index (χ0v) is 13.3. The molecular weight excluding hydrogens is 279 g/mol. The van der Waals surface area contributed by atoms with Crippen LogP contribution in [0.2, 0.25) is 0 Å². The Bertz CT molecular complexity index is 593.